The van der Waals surface area contributed by atoms with Crippen molar-refractivity contribution in [3.05, 3.63) is 71.8 Å². The van der Waals surface area contributed by atoms with Crippen LogP contribution in [0.25, 0.3) is 0 Å². The molecule has 0 aromatic heterocycles. The Bertz CT molecular complexity index is 468. The minimum atomic E-state index is -1.13. The zero-order valence-electron chi connectivity index (χ0n) is 10.8. The van der Waals surface area contributed by atoms with Crippen molar-refractivity contribution >= 4 is 83.9 Å². The van der Waals surface area contributed by atoms with E-state index < -0.39 is 11.9 Å². The van der Waals surface area contributed by atoms with Crippen LogP contribution in [0, 0.1) is 0 Å². The molecule has 2 aromatic rings. The fourth-order valence-corrected chi connectivity index (χ4v) is 1.15. The first-order chi connectivity index (χ1) is 8.61. The van der Waals surface area contributed by atoms with Gasteiger partial charge in [-0.05, 0) is 11.1 Å². The van der Waals surface area contributed by atoms with Gasteiger partial charge in [0.05, 0.1) is 11.9 Å². The number of carboxylic acid groups (broad SMARTS) is 2. The Morgan fingerprint density at radius 1 is 0.650 bits per heavy atom. The molecule has 0 atom stereocenters. The van der Waals surface area contributed by atoms with Crippen LogP contribution in [0.2, 0.25) is 0 Å². The number of benzene rings is 2. The smallest absolute Gasteiger partial charge is 0.545 e. The molecular formula is C14H10BaMgO4+2. The van der Waals surface area contributed by atoms with Gasteiger partial charge in [-0.2, -0.15) is 0 Å². The van der Waals surface area contributed by atoms with Gasteiger partial charge < -0.3 is 19.8 Å². The van der Waals surface area contributed by atoms with Crippen LogP contribution in [-0.4, -0.2) is 83.9 Å². The van der Waals surface area contributed by atoms with E-state index in [0.29, 0.717) is 0 Å². The predicted octanol–water partition coefficient (Wildman–Crippen LogP) is -0.661. The SMILES string of the molecule is O=C([O-])c1ccccc1.O=C([O-])c1ccccc1.[Ba+2].[Mg+2]. The maximum Gasteiger partial charge on any atom is 2.00 e. The van der Waals surface area contributed by atoms with Crippen molar-refractivity contribution in [2.75, 3.05) is 0 Å². The Labute approximate surface area is 173 Å². The second kappa shape index (κ2) is 12.5. The predicted molar refractivity (Wildman–Crippen MR) is 73.1 cm³/mol. The molecule has 6 heteroatoms. The first kappa shape index (κ1) is 22.0. The van der Waals surface area contributed by atoms with Crippen LogP contribution in [0.1, 0.15) is 20.7 Å². The van der Waals surface area contributed by atoms with Crippen molar-refractivity contribution < 1.29 is 19.8 Å². The van der Waals surface area contributed by atoms with Gasteiger partial charge in [0.15, 0.2) is 0 Å². The van der Waals surface area contributed by atoms with Crippen molar-refractivity contribution in [2.45, 2.75) is 0 Å². The van der Waals surface area contributed by atoms with Crippen LogP contribution in [0.4, 0.5) is 0 Å². The minimum absolute atomic E-state index is 0. The van der Waals surface area contributed by atoms with Gasteiger partial charge >= 0.3 is 71.9 Å². The summed E-state index contributed by atoms with van der Waals surface area (Å²) in [5.74, 6) is -2.26. The summed E-state index contributed by atoms with van der Waals surface area (Å²) < 4.78 is 0. The molecule has 92 valence electrons. The second-order valence-electron chi connectivity index (χ2n) is 3.31. The summed E-state index contributed by atoms with van der Waals surface area (Å²) in [4.78, 5) is 20.2. The molecule has 2 rings (SSSR count). The Hall–Kier alpha value is -0.282. The molecule has 0 bridgehead atoms. The van der Waals surface area contributed by atoms with E-state index in [2.05, 4.69) is 0 Å². The van der Waals surface area contributed by atoms with Crippen molar-refractivity contribution in [1.82, 2.24) is 0 Å². The van der Waals surface area contributed by atoms with E-state index in [9.17, 15) is 19.8 Å². The van der Waals surface area contributed by atoms with Gasteiger partial charge in [0.1, 0.15) is 0 Å². The Balaban J connectivity index is 0. The molecule has 0 radical (unpaired) electrons. The normalized spacial score (nSPS) is 8.00. The molecule has 0 aliphatic heterocycles. The number of rotatable bonds is 2. The molecule has 0 amide bonds. The largest absolute Gasteiger partial charge is 2.00 e. The third-order valence-electron chi connectivity index (χ3n) is 2.02. The second-order valence-corrected chi connectivity index (χ2v) is 3.31. The fourth-order valence-electron chi connectivity index (χ4n) is 1.15. The topological polar surface area (TPSA) is 80.3 Å². The van der Waals surface area contributed by atoms with E-state index in [4.69, 9.17) is 0 Å². The van der Waals surface area contributed by atoms with Crippen molar-refractivity contribution in [1.29, 1.82) is 0 Å². The molecule has 0 saturated carbocycles. The van der Waals surface area contributed by atoms with Crippen LogP contribution in [0.3, 0.4) is 0 Å². The number of carbonyl (C=O) groups is 2. The summed E-state index contributed by atoms with van der Waals surface area (Å²) >= 11 is 0. The van der Waals surface area contributed by atoms with Gasteiger partial charge in [-0.1, -0.05) is 60.7 Å². The first-order valence-electron chi connectivity index (χ1n) is 5.14. The molecule has 0 heterocycles. The molecule has 0 aliphatic rings. The Kier molecular flexibility index (Phi) is 13.7. The first-order valence-corrected chi connectivity index (χ1v) is 5.14. The molecule has 4 nitrogen and oxygen atoms in total. The van der Waals surface area contributed by atoms with E-state index in [1.54, 1.807) is 36.4 Å². The summed E-state index contributed by atoms with van der Waals surface area (Å²) in [5, 5.41) is 20.2. The molecule has 20 heavy (non-hydrogen) atoms. The van der Waals surface area contributed by atoms with E-state index in [0.717, 1.165) is 0 Å². The average molecular weight is 404 g/mol. The van der Waals surface area contributed by atoms with Gasteiger partial charge in [-0.3, -0.25) is 0 Å². The fraction of sp³-hybridized carbons (Fsp3) is 0. The van der Waals surface area contributed by atoms with Crippen LogP contribution >= 0.6 is 0 Å². The monoisotopic (exact) mass is 404 g/mol. The van der Waals surface area contributed by atoms with Gasteiger partial charge in [-0.25, -0.2) is 0 Å². The zero-order chi connectivity index (χ0) is 13.4. The van der Waals surface area contributed by atoms with Crippen LogP contribution in [0.5, 0.6) is 0 Å². The van der Waals surface area contributed by atoms with E-state index >= 15 is 0 Å². The van der Waals surface area contributed by atoms with Gasteiger partial charge in [-0.15, -0.1) is 0 Å². The summed E-state index contributed by atoms with van der Waals surface area (Å²) in [5.41, 5.74) is 0.440. The Morgan fingerprint density at radius 2 is 0.900 bits per heavy atom. The Morgan fingerprint density at radius 3 is 1.05 bits per heavy atom. The molecule has 0 N–H and O–H groups in total. The molecule has 0 saturated heterocycles. The molecule has 2 aromatic carbocycles. The van der Waals surface area contributed by atoms with Gasteiger partial charge in [0.25, 0.3) is 0 Å². The van der Waals surface area contributed by atoms with Gasteiger partial charge in [0, 0.05) is 0 Å². The standard InChI is InChI=1S/2C7H6O2.Ba.Mg/c2*8-7(9)6-4-2-1-3-5-6;;/h2*1-5H,(H,8,9);;/q;;2*+2/p-2. The summed E-state index contributed by atoms with van der Waals surface area (Å²) in [7, 11) is 0. The van der Waals surface area contributed by atoms with Crippen LogP contribution in [-0.2, 0) is 0 Å². The van der Waals surface area contributed by atoms with Gasteiger partial charge in [0.2, 0.25) is 0 Å². The summed E-state index contributed by atoms with van der Waals surface area (Å²) in [6.07, 6.45) is 0. The number of carboxylic acids is 2. The maximum atomic E-state index is 10.1. The molecule has 0 aliphatic carbocycles. The van der Waals surface area contributed by atoms with Crippen LogP contribution in [0.15, 0.2) is 60.7 Å². The summed E-state index contributed by atoms with van der Waals surface area (Å²) in [6, 6.07) is 16.1. The summed E-state index contributed by atoms with van der Waals surface area (Å²) in [6.45, 7) is 0. The molecule has 0 spiro atoms. The molecular weight excluding hydrogens is 394 g/mol. The van der Waals surface area contributed by atoms with Crippen molar-refractivity contribution in [3.63, 3.8) is 0 Å². The number of aromatic carboxylic acids is 2. The number of hydrogen-bond donors (Lipinski definition) is 0. The van der Waals surface area contributed by atoms with Crippen LogP contribution < -0.4 is 10.2 Å². The van der Waals surface area contributed by atoms with E-state index in [1.165, 1.54) is 24.3 Å². The third-order valence-corrected chi connectivity index (χ3v) is 2.02. The van der Waals surface area contributed by atoms with E-state index in [1.807, 2.05) is 0 Å². The number of hydrogen-bond acceptors (Lipinski definition) is 4. The molecule has 0 fully saturated rings. The van der Waals surface area contributed by atoms with Crippen molar-refractivity contribution in [2.24, 2.45) is 0 Å². The minimum Gasteiger partial charge on any atom is -0.545 e. The van der Waals surface area contributed by atoms with Crippen molar-refractivity contribution in [3.8, 4) is 0 Å². The zero-order valence-corrected chi connectivity index (χ0v) is 16.7. The number of carbonyl (C=O) groups excluding carboxylic acids is 2. The quantitative estimate of drug-likeness (QED) is 0.623. The third kappa shape index (κ3) is 8.80. The van der Waals surface area contributed by atoms with E-state index in [-0.39, 0.29) is 83.1 Å². The average Bonchev–Trinajstić information content (AvgIpc) is 2.41. The maximum absolute atomic E-state index is 10.1. The molecule has 0 unspecified atom stereocenters.